The molecule has 1 aliphatic heterocycles. The van der Waals surface area contributed by atoms with Crippen LogP contribution in [0.3, 0.4) is 0 Å². The van der Waals surface area contributed by atoms with Crippen LogP contribution in [-0.2, 0) is 20.7 Å². The van der Waals surface area contributed by atoms with Crippen molar-refractivity contribution in [3.8, 4) is 16.2 Å². The molecule has 1 saturated heterocycles. The Kier molecular flexibility index (Phi) is 6.71. The maximum atomic E-state index is 13.2. The highest BCUT2D eigenvalue weighted by Gasteiger charge is 2.47. The number of carbonyl (C=O) groups is 3. The predicted molar refractivity (Wildman–Crippen MR) is 125 cm³/mol. The van der Waals surface area contributed by atoms with Crippen LogP contribution in [0.4, 0.5) is 0 Å². The molecule has 0 saturated carbocycles. The second kappa shape index (κ2) is 9.70. The minimum atomic E-state index is -1.18. The summed E-state index contributed by atoms with van der Waals surface area (Å²) in [6.07, 6.45) is 1.32. The van der Waals surface area contributed by atoms with Crippen molar-refractivity contribution in [1.82, 2.24) is 20.2 Å². The molecule has 176 valence electrons. The van der Waals surface area contributed by atoms with E-state index in [-0.39, 0.29) is 24.6 Å². The van der Waals surface area contributed by atoms with Gasteiger partial charge in [-0.2, -0.15) is 0 Å². The van der Waals surface area contributed by atoms with E-state index in [9.17, 15) is 19.5 Å². The van der Waals surface area contributed by atoms with Gasteiger partial charge in [0.05, 0.1) is 17.2 Å². The smallest absolute Gasteiger partial charge is 0.251 e. The molecule has 1 fully saturated rings. The number of ether oxygens (including phenoxy) is 1. The van der Waals surface area contributed by atoms with Gasteiger partial charge in [0.1, 0.15) is 23.9 Å². The van der Waals surface area contributed by atoms with Gasteiger partial charge in [-0.05, 0) is 60.8 Å². The number of phenolic OH excluding ortho intramolecular Hbond substituents is 1. The lowest BCUT2D eigenvalue weighted by Crippen LogP contribution is -2.60. The highest BCUT2D eigenvalue weighted by atomic mass is 32.1. The van der Waals surface area contributed by atoms with Crippen LogP contribution in [0.2, 0.25) is 0 Å². The molecule has 3 atom stereocenters. The van der Waals surface area contributed by atoms with E-state index in [1.165, 1.54) is 23.7 Å². The van der Waals surface area contributed by atoms with Gasteiger partial charge in [0, 0.05) is 12.0 Å². The molecule has 3 aromatic rings. The van der Waals surface area contributed by atoms with Crippen molar-refractivity contribution < 1.29 is 24.2 Å². The fourth-order valence-electron chi connectivity index (χ4n) is 3.66. The minimum absolute atomic E-state index is 0.0748. The zero-order valence-electron chi connectivity index (χ0n) is 18.6. The number of rotatable bonds is 7. The van der Waals surface area contributed by atoms with Gasteiger partial charge in [-0.1, -0.05) is 28.8 Å². The molecule has 3 N–H and O–H groups in total. The number of carbonyl (C=O) groups excluding carboxylic acids is 3. The minimum Gasteiger partial charge on any atom is -0.508 e. The third-order valence-electron chi connectivity index (χ3n) is 6.03. The molecule has 0 aliphatic carbocycles. The summed E-state index contributed by atoms with van der Waals surface area (Å²) in [6, 6.07) is 12.3. The monoisotopic (exact) mass is 480 g/mol. The Labute approximate surface area is 200 Å². The Hall–Kier alpha value is -3.63. The first-order valence-corrected chi connectivity index (χ1v) is 11.5. The van der Waals surface area contributed by atoms with Gasteiger partial charge in [0.15, 0.2) is 5.78 Å². The molecular weight excluding hydrogens is 456 g/mol. The standard InChI is InChI=1S/C24H24N4O5S/c1-14-24(2,21(30)13-33-14)27-23(32)19(11-15-3-9-18(29)10-4-15)26-22(31)17-7-5-16(6-8-17)20-12-25-28-34-20/h3-10,12,14,19,29H,11,13H2,1-2H3,(H,26,31)(H,27,32). The van der Waals surface area contributed by atoms with Gasteiger partial charge in [0.25, 0.3) is 5.91 Å². The number of ketones is 1. The number of phenols is 1. The van der Waals surface area contributed by atoms with E-state index in [2.05, 4.69) is 20.2 Å². The summed E-state index contributed by atoms with van der Waals surface area (Å²) in [5.74, 6) is -1.06. The third-order valence-corrected chi connectivity index (χ3v) is 6.74. The van der Waals surface area contributed by atoms with Gasteiger partial charge in [-0.3, -0.25) is 14.4 Å². The first kappa shape index (κ1) is 23.5. The maximum Gasteiger partial charge on any atom is 0.251 e. The molecule has 1 aliphatic rings. The second-order valence-corrected chi connectivity index (χ2v) is 9.11. The molecular formula is C24H24N4O5S. The summed E-state index contributed by atoms with van der Waals surface area (Å²) in [5.41, 5.74) is 0.814. The van der Waals surface area contributed by atoms with E-state index in [1.54, 1.807) is 56.4 Å². The average Bonchev–Trinajstić information content (AvgIpc) is 3.45. The lowest BCUT2D eigenvalue weighted by atomic mass is 9.92. The van der Waals surface area contributed by atoms with Gasteiger partial charge in [0.2, 0.25) is 5.91 Å². The topological polar surface area (TPSA) is 131 Å². The number of benzene rings is 2. The van der Waals surface area contributed by atoms with E-state index in [0.29, 0.717) is 5.56 Å². The highest BCUT2D eigenvalue weighted by Crippen LogP contribution is 2.23. The van der Waals surface area contributed by atoms with Crippen LogP contribution in [0.15, 0.2) is 54.7 Å². The molecule has 0 spiro atoms. The molecule has 34 heavy (non-hydrogen) atoms. The van der Waals surface area contributed by atoms with E-state index in [0.717, 1.165) is 16.0 Å². The van der Waals surface area contributed by atoms with Crippen molar-refractivity contribution >= 4 is 29.1 Å². The molecule has 4 rings (SSSR count). The number of hydrogen-bond acceptors (Lipinski definition) is 8. The number of aromatic hydroxyl groups is 1. The Balaban J connectivity index is 1.53. The molecule has 2 aromatic carbocycles. The Morgan fingerprint density at radius 1 is 1.21 bits per heavy atom. The lowest BCUT2D eigenvalue weighted by Gasteiger charge is -2.30. The summed E-state index contributed by atoms with van der Waals surface area (Å²) in [6.45, 7) is 3.27. The lowest BCUT2D eigenvalue weighted by molar-refractivity contribution is -0.130. The average molecular weight is 481 g/mol. The molecule has 2 heterocycles. The Bertz CT molecular complexity index is 1180. The van der Waals surface area contributed by atoms with Crippen molar-refractivity contribution in [3.05, 3.63) is 65.9 Å². The number of nitrogens with one attached hydrogen (secondary N) is 2. The van der Waals surface area contributed by atoms with Gasteiger partial charge < -0.3 is 20.5 Å². The van der Waals surface area contributed by atoms with E-state index < -0.39 is 29.5 Å². The summed E-state index contributed by atoms with van der Waals surface area (Å²) in [7, 11) is 0. The van der Waals surface area contributed by atoms with Crippen LogP contribution in [0.25, 0.3) is 10.4 Å². The Morgan fingerprint density at radius 2 is 1.91 bits per heavy atom. The van der Waals surface area contributed by atoms with Crippen LogP contribution in [-0.4, -0.2) is 56.6 Å². The second-order valence-electron chi connectivity index (χ2n) is 8.32. The van der Waals surface area contributed by atoms with Gasteiger partial charge >= 0.3 is 0 Å². The molecule has 0 radical (unpaired) electrons. The van der Waals surface area contributed by atoms with Gasteiger partial charge in [-0.15, -0.1) is 5.10 Å². The summed E-state index contributed by atoms with van der Waals surface area (Å²) >= 11 is 1.25. The van der Waals surface area contributed by atoms with Crippen molar-refractivity contribution in [2.24, 2.45) is 0 Å². The van der Waals surface area contributed by atoms with Crippen molar-refractivity contribution in [1.29, 1.82) is 0 Å². The SMILES string of the molecule is CC1OCC(=O)C1(C)NC(=O)C(Cc1ccc(O)cc1)NC(=O)c1ccc(-c2cnns2)cc1. The largest absolute Gasteiger partial charge is 0.508 e. The fourth-order valence-corrected chi connectivity index (χ4v) is 4.18. The zero-order chi connectivity index (χ0) is 24.3. The van der Waals surface area contributed by atoms with Crippen LogP contribution < -0.4 is 10.6 Å². The first-order chi connectivity index (χ1) is 16.3. The van der Waals surface area contributed by atoms with E-state index >= 15 is 0 Å². The maximum absolute atomic E-state index is 13.2. The zero-order valence-corrected chi connectivity index (χ0v) is 19.5. The Morgan fingerprint density at radius 3 is 2.50 bits per heavy atom. The number of hydrogen-bond donors (Lipinski definition) is 3. The highest BCUT2D eigenvalue weighted by molar-refractivity contribution is 7.09. The molecule has 0 bridgehead atoms. The fraction of sp³-hybridized carbons (Fsp3) is 0.292. The number of nitrogens with zero attached hydrogens (tertiary/aromatic N) is 2. The summed E-state index contributed by atoms with van der Waals surface area (Å²) in [4.78, 5) is 39.5. The summed E-state index contributed by atoms with van der Waals surface area (Å²) in [5, 5.41) is 18.9. The van der Waals surface area contributed by atoms with Crippen LogP contribution in [0.1, 0.15) is 29.8 Å². The predicted octanol–water partition coefficient (Wildman–Crippen LogP) is 2.11. The van der Waals surface area contributed by atoms with Crippen LogP contribution in [0.5, 0.6) is 5.75 Å². The van der Waals surface area contributed by atoms with Crippen molar-refractivity contribution in [2.75, 3.05) is 6.61 Å². The number of Topliss-reactive ketones (excluding diaryl/α,β-unsaturated/α-hetero) is 1. The molecule has 10 heteroatoms. The summed E-state index contributed by atoms with van der Waals surface area (Å²) < 4.78 is 9.24. The first-order valence-electron chi connectivity index (χ1n) is 10.7. The molecule has 1 aromatic heterocycles. The molecule has 2 amide bonds. The van der Waals surface area contributed by atoms with Gasteiger partial charge in [-0.25, -0.2) is 0 Å². The van der Waals surface area contributed by atoms with Crippen molar-refractivity contribution in [3.63, 3.8) is 0 Å². The van der Waals surface area contributed by atoms with Crippen molar-refractivity contribution in [2.45, 2.75) is 38.0 Å². The molecule has 9 nitrogen and oxygen atoms in total. The van der Waals surface area contributed by atoms with Crippen LogP contribution in [0, 0.1) is 0 Å². The third kappa shape index (κ3) is 4.97. The van der Waals surface area contributed by atoms with E-state index in [4.69, 9.17) is 4.74 Å². The quantitative estimate of drug-likeness (QED) is 0.472. The normalized spacial score (nSPS) is 20.6. The van der Waals surface area contributed by atoms with E-state index in [1.807, 2.05) is 0 Å². The molecule has 3 unspecified atom stereocenters. The number of aromatic nitrogens is 2. The number of amides is 2. The van der Waals surface area contributed by atoms with Crippen LogP contribution >= 0.6 is 11.5 Å².